The second-order valence-corrected chi connectivity index (χ2v) is 7.74. The van der Waals surface area contributed by atoms with Crippen LogP contribution in [0.5, 0.6) is 5.75 Å². The smallest absolute Gasteiger partial charge is 0.406 e. The molecule has 4 rings (SSSR count). The van der Waals surface area contributed by atoms with E-state index in [1.807, 2.05) is 17.0 Å². The maximum Gasteiger partial charge on any atom is 0.573 e. The first kappa shape index (κ1) is 22.7. The largest absolute Gasteiger partial charge is 0.573 e. The first-order valence-electron chi connectivity index (χ1n) is 10.1. The highest BCUT2D eigenvalue weighted by Crippen LogP contribution is 2.34. The molecule has 0 saturated carbocycles. The van der Waals surface area contributed by atoms with Gasteiger partial charge in [-0.15, -0.1) is 13.2 Å². The van der Waals surface area contributed by atoms with Crippen molar-refractivity contribution in [2.45, 2.75) is 38.4 Å². The van der Waals surface area contributed by atoms with E-state index < -0.39 is 12.5 Å². The van der Waals surface area contributed by atoms with E-state index in [9.17, 15) is 23.1 Å². The highest BCUT2D eigenvalue weighted by molar-refractivity contribution is 5.88. The van der Waals surface area contributed by atoms with Crippen molar-refractivity contribution >= 4 is 11.6 Å². The van der Waals surface area contributed by atoms with Crippen LogP contribution in [0.4, 0.5) is 18.9 Å². The second-order valence-electron chi connectivity index (χ2n) is 7.74. The van der Waals surface area contributed by atoms with Crippen LogP contribution < -0.4 is 10.1 Å². The summed E-state index contributed by atoms with van der Waals surface area (Å²) >= 11 is 0. The van der Waals surface area contributed by atoms with Crippen LogP contribution in [0.2, 0.25) is 0 Å². The minimum absolute atomic E-state index is 0.153. The fraction of sp³-hybridized carbons (Fsp3) is 0.318. The van der Waals surface area contributed by atoms with Crippen LogP contribution in [-0.4, -0.2) is 45.1 Å². The molecule has 1 amide bonds. The second kappa shape index (κ2) is 9.20. The molecule has 1 fully saturated rings. The van der Waals surface area contributed by atoms with E-state index in [1.54, 1.807) is 12.1 Å². The number of aliphatic hydroxyl groups is 1. The number of rotatable bonds is 6. The summed E-state index contributed by atoms with van der Waals surface area (Å²) in [5, 5.41) is 16.9. The number of β-amino-alcohol motifs (C(OH)–C–C–N with tert-alkyl or cyclic N) is 1. The van der Waals surface area contributed by atoms with Crippen LogP contribution in [0.15, 0.2) is 53.1 Å². The SMILES string of the molecule is CC(=O)Nc1ccc(CN2CC(O)CC2c2nc(-c3ccc(OC(F)(F)F)cc3)no2)cc1. The molecule has 174 valence electrons. The first-order chi connectivity index (χ1) is 15.7. The minimum atomic E-state index is -4.77. The number of likely N-dealkylation sites (tertiary alicyclic amines) is 1. The highest BCUT2D eigenvalue weighted by atomic mass is 19.4. The molecular formula is C22H21F3N4O4. The lowest BCUT2D eigenvalue weighted by molar-refractivity contribution is -0.274. The summed E-state index contributed by atoms with van der Waals surface area (Å²) in [6.45, 7) is 2.37. The van der Waals surface area contributed by atoms with E-state index in [4.69, 9.17) is 4.52 Å². The molecule has 3 aromatic rings. The average molecular weight is 462 g/mol. The highest BCUT2D eigenvalue weighted by Gasteiger charge is 2.36. The molecule has 2 aromatic carbocycles. The van der Waals surface area contributed by atoms with Gasteiger partial charge in [-0.25, -0.2) is 0 Å². The standard InChI is InChI=1S/C22H21F3N4O4/c1-13(30)26-16-6-2-14(3-7-16)11-29-12-17(31)10-19(29)21-27-20(28-33-21)15-4-8-18(9-5-15)32-22(23,24)25/h2-9,17,19,31H,10-12H2,1H3,(H,26,30). The molecule has 8 nitrogen and oxygen atoms in total. The maximum atomic E-state index is 12.3. The van der Waals surface area contributed by atoms with Gasteiger partial charge in [-0.1, -0.05) is 17.3 Å². The normalized spacial score (nSPS) is 18.9. The Balaban J connectivity index is 1.46. The van der Waals surface area contributed by atoms with E-state index in [0.717, 1.165) is 5.56 Å². The molecule has 0 bridgehead atoms. The van der Waals surface area contributed by atoms with Gasteiger partial charge in [-0.05, 0) is 48.4 Å². The predicted molar refractivity (Wildman–Crippen MR) is 111 cm³/mol. The Bertz CT molecular complexity index is 1100. The quantitative estimate of drug-likeness (QED) is 0.573. The zero-order valence-electron chi connectivity index (χ0n) is 17.5. The summed E-state index contributed by atoms with van der Waals surface area (Å²) in [5.41, 5.74) is 2.14. The molecule has 2 heterocycles. The third kappa shape index (κ3) is 5.88. The van der Waals surface area contributed by atoms with E-state index in [-0.39, 0.29) is 23.5 Å². The van der Waals surface area contributed by atoms with E-state index >= 15 is 0 Å². The molecule has 1 aliphatic heterocycles. The van der Waals surface area contributed by atoms with Crippen molar-refractivity contribution in [1.29, 1.82) is 0 Å². The van der Waals surface area contributed by atoms with Crippen LogP contribution in [0.1, 0.15) is 30.8 Å². The number of aliphatic hydroxyl groups excluding tert-OH is 1. The number of alkyl halides is 3. The maximum absolute atomic E-state index is 12.3. The van der Waals surface area contributed by atoms with Gasteiger partial charge in [-0.2, -0.15) is 4.98 Å². The molecule has 1 aliphatic rings. The molecule has 0 radical (unpaired) electrons. The van der Waals surface area contributed by atoms with Gasteiger partial charge in [0.1, 0.15) is 5.75 Å². The number of nitrogens with zero attached hydrogens (tertiary/aromatic N) is 3. The molecule has 1 aromatic heterocycles. The Morgan fingerprint density at radius 3 is 2.55 bits per heavy atom. The topological polar surface area (TPSA) is 101 Å². The monoisotopic (exact) mass is 462 g/mol. The van der Waals surface area contributed by atoms with Crippen LogP contribution in [0, 0.1) is 0 Å². The fourth-order valence-corrected chi connectivity index (χ4v) is 3.74. The van der Waals surface area contributed by atoms with Gasteiger partial charge in [0.2, 0.25) is 17.6 Å². The number of carbonyl (C=O) groups excluding carboxylic acids is 1. The van der Waals surface area contributed by atoms with E-state index in [1.165, 1.54) is 31.2 Å². The van der Waals surface area contributed by atoms with Crippen LogP contribution in [-0.2, 0) is 11.3 Å². The van der Waals surface area contributed by atoms with Crippen LogP contribution in [0.3, 0.4) is 0 Å². The summed E-state index contributed by atoms with van der Waals surface area (Å²) in [4.78, 5) is 17.6. The molecule has 2 N–H and O–H groups in total. The third-order valence-electron chi connectivity index (χ3n) is 5.11. The van der Waals surface area contributed by atoms with Gasteiger partial charge in [0.15, 0.2) is 0 Å². The van der Waals surface area contributed by atoms with Gasteiger partial charge in [0, 0.05) is 31.3 Å². The van der Waals surface area contributed by atoms with Gasteiger partial charge < -0.3 is 19.7 Å². The Hall–Kier alpha value is -3.44. The fourth-order valence-electron chi connectivity index (χ4n) is 3.74. The van der Waals surface area contributed by atoms with Crippen molar-refractivity contribution in [3.05, 3.63) is 60.0 Å². The lowest BCUT2D eigenvalue weighted by Gasteiger charge is -2.21. The van der Waals surface area contributed by atoms with Crippen molar-refractivity contribution in [1.82, 2.24) is 15.0 Å². The predicted octanol–water partition coefficient (Wildman–Crippen LogP) is 3.90. The van der Waals surface area contributed by atoms with Gasteiger partial charge in [-0.3, -0.25) is 9.69 Å². The zero-order chi connectivity index (χ0) is 23.6. The summed E-state index contributed by atoms with van der Waals surface area (Å²) in [6, 6.07) is 12.2. The molecule has 0 aliphatic carbocycles. The number of benzene rings is 2. The zero-order valence-corrected chi connectivity index (χ0v) is 17.5. The number of anilines is 1. The van der Waals surface area contributed by atoms with Crippen molar-refractivity contribution in [2.75, 3.05) is 11.9 Å². The van der Waals surface area contributed by atoms with Crippen molar-refractivity contribution in [3.8, 4) is 17.1 Å². The number of nitrogens with one attached hydrogen (secondary N) is 1. The third-order valence-corrected chi connectivity index (χ3v) is 5.11. The number of amides is 1. The van der Waals surface area contributed by atoms with Crippen molar-refractivity contribution < 1.29 is 32.3 Å². The molecule has 0 spiro atoms. The van der Waals surface area contributed by atoms with Crippen LogP contribution in [0.25, 0.3) is 11.4 Å². The molecule has 33 heavy (non-hydrogen) atoms. The van der Waals surface area contributed by atoms with E-state index in [2.05, 4.69) is 20.2 Å². The Morgan fingerprint density at radius 1 is 1.21 bits per heavy atom. The van der Waals surface area contributed by atoms with E-state index in [0.29, 0.717) is 36.7 Å². The Kier molecular flexibility index (Phi) is 6.34. The summed E-state index contributed by atoms with van der Waals surface area (Å²) in [5.74, 6) is 0.0429. The summed E-state index contributed by atoms with van der Waals surface area (Å²) in [6.07, 6.45) is -4.93. The van der Waals surface area contributed by atoms with Crippen molar-refractivity contribution in [3.63, 3.8) is 0 Å². The Morgan fingerprint density at radius 2 is 1.91 bits per heavy atom. The number of aromatic nitrogens is 2. The minimum Gasteiger partial charge on any atom is -0.406 e. The van der Waals surface area contributed by atoms with Gasteiger partial charge >= 0.3 is 6.36 Å². The molecule has 1 saturated heterocycles. The molecule has 2 atom stereocenters. The molecular weight excluding hydrogens is 441 g/mol. The lowest BCUT2D eigenvalue weighted by Crippen LogP contribution is -2.24. The first-order valence-corrected chi connectivity index (χ1v) is 10.1. The lowest BCUT2D eigenvalue weighted by atomic mass is 10.1. The molecule has 11 heteroatoms. The van der Waals surface area contributed by atoms with Crippen molar-refractivity contribution in [2.24, 2.45) is 0 Å². The summed E-state index contributed by atoms with van der Waals surface area (Å²) < 4.78 is 46.3. The number of carbonyl (C=O) groups is 1. The number of halogens is 3. The van der Waals surface area contributed by atoms with Crippen LogP contribution >= 0.6 is 0 Å². The summed E-state index contributed by atoms with van der Waals surface area (Å²) in [7, 11) is 0. The molecule has 2 unspecified atom stereocenters. The number of hydrogen-bond acceptors (Lipinski definition) is 7. The number of ether oxygens (including phenoxy) is 1. The van der Waals surface area contributed by atoms with Gasteiger partial charge in [0.25, 0.3) is 0 Å². The Labute approximate surface area is 187 Å². The number of hydrogen-bond donors (Lipinski definition) is 2. The average Bonchev–Trinajstić information content (AvgIpc) is 3.35. The van der Waals surface area contributed by atoms with Gasteiger partial charge in [0.05, 0.1) is 12.1 Å².